The molecule has 0 aliphatic carbocycles. The lowest BCUT2D eigenvalue weighted by molar-refractivity contribution is -0.114. The Hall–Kier alpha value is -1.46. The molecule has 18 heavy (non-hydrogen) atoms. The van der Waals surface area contributed by atoms with Gasteiger partial charge in [-0.15, -0.1) is 0 Å². The summed E-state index contributed by atoms with van der Waals surface area (Å²) >= 11 is 0. The second-order valence-corrected chi connectivity index (χ2v) is 4.94. The second-order valence-electron chi connectivity index (χ2n) is 4.94. The van der Waals surface area contributed by atoms with Crippen LogP contribution in [0, 0.1) is 0 Å². The predicted octanol–water partition coefficient (Wildman–Crippen LogP) is 1.15. The Kier molecular flexibility index (Phi) is 2.80. The molecule has 1 saturated heterocycles. The summed E-state index contributed by atoms with van der Waals surface area (Å²) in [5, 5.41) is 6.08. The van der Waals surface area contributed by atoms with Gasteiger partial charge >= 0.3 is 0 Å². The first-order valence-corrected chi connectivity index (χ1v) is 6.31. The molecule has 0 bridgehead atoms. The van der Waals surface area contributed by atoms with E-state index < -0.39 is 0 Å². The number of hydrogen-bond acceptors (Lipinski definition) is 4. The van der Waals surface area contributed by atoms with Gasteiger partial charge in [0.2, 0.25) is 5.91 Å². The van der Waals surface area contributed by atoms with Crippen LogP contribution in [-0.4, -0.2) is 24.0 Å². The molecule has 1 aromatic heterocycles. The fraction of sp³-hybridized carbons (Fsp3) is 0.538. The molecule has 0 saturated carbocycles. The van der Waals surface area contributed by atoms with Crippen LogP contribution in [-0.2, 0) is 21.7 Å². The minimum atomic E-state index is -0.170. The Morgan fingerprint density at radius 1 is 1.50 bits per heavy atom. The van der Waals surface area contributed by atoms with Crippen molar-refractivity contribution in [1.82, 2.24) is 10.3 Å². The number of ether oxygens (including phenoxy) is 1. The molecule has 1 fully saturated rings. The molecule has 2 aliphatic rings. The zero-order chi connectivity index (χ0) is 12.6. The smallest absolute Gasteiger partial charge is 0.222 e. The minimum absolute atomic E-state index is 0.0965. The number of hydrogen-bond donors (Lipinski definition) is 2. The summed E-state index contributed by atoms with van der Waals surface area (Å²) in [5.41, 5.74) is 2.17. The Morgan fingerprint density at radius 3 is 3.00 bits per heavy atom. The monoisotopic (exact) mass is 247 g/mol. The van der Waals surface area contributed by atoms with Gasteiger partial charge in [-0.3, -0.25) is 4.79 Å². The van der Waals surface area contributed by atoms with Gasteiger partial charge in [-0.1, -0.05) is 0 Å². The van der Waals surface area contributed by atoms with E-state index in [1.807, 2.05) is 12.3 Å². The highest BCUT2D eigenvalue weighted by molar-refractivity contribution is 5.87. The molecule has 96 valence electrons. The molecule has 1 spiro atoms. The average molecular weight is 247 g/mol. The van der Waals surface area contributed by atoms with E-state index in [1.54, 1.807) is 0 Å². The molecular weight excluding hydrogens is 230 g/mol. The number of nitrogens with one attached hydrogen (secondary N) is 2. The molecule has 0 atom stereocenters. The van der Waals surface area contributed by atoms with Gasteiger partial charge in [-0.2, -0.15) is 0 Å². The molecule has 5 heteroatoms. The SMILES string of the molecule is CC(=O)Nc1cc2c(cn1)COC21CCNCC1. The molecule has 0 radical (unpaired) electrons. The number of carbonyl (C=O) groups excluding carboxylic acids is 1. The minimum Gasteiger partial charge on any atom is -0.365 e. The molecule has 5 nitrogen and oxygen atoms in total. The van der Waals surface area contributed by atoms with Gasteiger partial charge in [0.1, 0.15) is 5.82 Å². The van der Waals surface area contributed by atoms with Crippen molar-refractivity contribution < 1.29 is 9.53 Å². The summed E-state index contributed by atoms with van der Waals surface area (Å²) in [6, 6.07) is 1.97. The summed E-state index contributed by atoms with van der Waals surface area (Å²) in [7, 11) is 0. The Morgan fingerprint density at radius 2 is 2.28 bits per heavy atom. The second kappa shape index (κ2) is 4.33. The molecule has 2 N–H and O–H groups in total. The Bertz CT molecular complexity index is 476. The molecule has 2 aliphatic heterocycles. The molecule has 1 amide bonds. The van der Waals surface area contributed by atoms with Crippen LogP contribution in [0.25, 0.3) is 0 Å². The van der Waals surface area contributed by atoms with Crippen molar-refractivity contribution in [3.8, 4) is 0 Å². The zero-order valence-corrected chi connectivity index (χ0v) is 10.5. The highest BCUT2D eigenvalue weighted by atomic mass is 16.5. The first-order chi connectivity index (χ1) is 8.70. The van der Waals surface area contributed by atoms with E-state index in [4.69, 9.17) is 4.74 Å². The number of amides is 1. The molecule has 0 aromatic carbocycles. The first-order valence-electron chi connectivity index (χ1n) is 6.31. The van der Waals surface area contributed by atoms with E-state index in [-0.39, 0.29) is 11.5 Å². The molecular formula is C13H17N3O2. The zero-order valence-electron chi connectivity index (χ0n) is 10.5. The summed E-state index contributed by atoms with van der Waals surface area (Å²) in [6.07, 6.45) is 3.77. The van der Waals surface area contributed by atoms with Gasteiger partial charge in [-0.25, -0.2) is 4.98 Å². The lowest BCUT2D eigenvalue weighted by Gasteiger charge is -2.34. The average Bonchev–Trinajstić information content (AvgIpc) is 2.69. The van der Waals surface area contributed by atoms with Crippen LogP contribution >= 0.6 is 0 Å². The highest BCUT2D eigenvalue weighted by Crippen LogP contribution is 2.43. The Labute approximate surface area is 106 Å². The molecule has 1 aromatic rings. The van der Waals surface area contributed by atoms with Gasteiger partial charge in [0, 0.05) is 18.7 Å². The van der Waals surface area contributed by atoms with Crippen molar-refractivity contribution in [1.29, 1.82) is 0 Å². The van der Waals surface area contributed by atoms with Crippen LogP contribution in [0.1, 0.15) is 30.9 Å². The van der Waals surface area contributed by atoms with E-state index in [9.17, 15) is 4.79 Å². The number of fused-ring (bicyclic) bond motifs is 2. The third kappa shape index (κ3) is 1.89. The van der Waals surface area contributed by atoms with Gasteiger partial charge in [0.05, 0.1) is 12.2 Å². The van der Waals surface area contributed by atoms with Crippen molar-refractivity contribution >= 4 is 11.7 Å². The fourth-order valence-corrected chi connectivity index (χ4v) is 2.81. The highest BCUT2D eigenvalue weighted by Gasteiger charge is 2.41. The van der Waals surface area contributed by atoms with E-state index in [1.165, 1.54) is 12.5 Å². The summed E-state index contributed by atoms with van der Waals surface area (Å²) in [6.45, 7) is 4.06. The summed E-state index contributed by atoms with van der Waals surface area (Å²) in [4.78, 5) is 15.3. The van der Waals surface area contributed by atoms with E-state index in [2.05, 4.69) is 15.6 Å². The Balaban J connectivity index is 1.95. The van der Waals surface area contributed by atoms with Crippen molar-refractivity contribution in [3.63, 3.8) is 0 Å². The molecule has 0 unspecified atom stereocenters. The topological polar surface area (TPSA) is 63.2 Å². The van der Waals surface area contributed by atoms with Crippen molar-refractivity contribution in [2.45, 2.75) is 32.0 Å². The van der Waals surface area contributed by atoms with Gasteiger partial charge in [-0.05, 0) is 37.6 Å². The molecule has 3 heterocycles. The fourth-order valence-electron chi connectivity index (χ4n) is 2.81. The van der Waals surface area contributed by atoms with Crippen molar-refractivity contribution in [3.05, 3.63) is 23.4 Å². The number of pyridine rings is 1. The van der Waals surface area contributed by atoms with E-state index in [0.717, 1.165) is 31.5 Å². The quantitative estimate of drug-likeness (QED) is 0.781. The van der Waals surface area contributed by atoms with Gasteiger partial charge in [0.15, 0.2) is 0 Å². The maximum absolute atomic E-state index is 11.1. The first kappa shape index (κ1) is 11.6. The predicted molar refractivity (Wildman–Crippen MR) is 67.1 cm³/mol. The van der Waals surface area contributed by atoms with Crippen LogP contribution in [0.2, 0.25) is 0 Å². The van der Waals surface area contributed by atoms with Gasteiger partial charge in [0.25, 0.3) is 0 Å². The van der Waals surface area contributed by atoms with Crippen LogP contribution in [0.5, 0.6) is 0 Å². The largest absolute Gasteiger partial charge is 0.365 e. The standard InChI is InChI=1S/C13H17N3O2/c1-9(17)16-12-6-11-10(7-15-12)8-18-13(11)2-4-14-5-3-13/h6-7,14H,2-5,8H2,1H3,(H,15,16,17). The van der Waals surface area contributed by atoms with Gasteiger partial charge < -0.3 is 15.4 Å². The molecule has 3 rings (SSSR count). The number of piperidine rings is 1. The van der Waals surface area contributed by atoms with Crippen molar-refractivity contribution in [2.75, 3.05) is 18.4 Å². The van der Waals surface area contributed by atoms with E-state index >= 15 is 0 Å². The maximum atomic E-state index is 11.1. The lowest BCUT2D eigenvalue weighted by Crippen LogP contribution is -2.39. The number of nitrogens with zero attached hydrogens (tertiary/aromatic N) is 1. The maximum Gasteiger partial charge on any atom is 0.222 e. The van der Waals surface area contributed by atoms with Crippen LogP contribution < -0.4 is 10.6 Å². The third-order valence-electron chi connectivity index (χ3n) is 3.70. The normalized spacial score (nSPS) is 20.7. The van der Waals surface area contributed by atoms with Crippen LogP contribution in [0.3, 0.4) is 0 Å². The number of aromatic nitrogens is 1. The summed E-state index contributed by atoms with van der Waals surface area (Å²) in [5.74, 6) is 0.519. The summed E-state index contributed by atoms with van der Waals surface area (Å²) < 4.78 is 6.02. The number of carbonyl (C=O) groups is 1. The van der Waals surface area contributed by atoms with Crippen LogP contribution in [0.15, 0.2) is 12.3 Å². The van der Waals surface area contributed by atoms with Crippen LogP contribution in [0.4, 0.5) is 5.82 Å². The van der Waals surface area contributed by atoms with E-state index in [0.29, 0.717) is 12.4 Å². The third-order valence-corrected chi connectivity index (χ3v) is 3.70. The lowest BCUT2D eigenvalue weighted by atomic mass is 9.85. The number of anilines is 1. The number of rotatable bonds is 1. The van der Waals surface area contributed by atoms with Crippen molar-refractivity contribution in [2.24, 2.45) is 0 Å².